The molecule has 2 heterocycles. The lowest BCUT2D eigenvalue weighted by Gasteiger charge is -2.32. The van der Waals surface area contributed by atoms with E-state index in [-0.39, 0.29) is 18.0 Å². The van der Waals surface area contributed by atoms with Gasteiger partial charge in [0.15, 0.2) is 0 Å². The highest BCUT2D eigenvalue weighted by Gasteiger charge is 2.21. The molecule has 144 valence electrons. The fourth-order valence-electron chi connectivity index (χ4n) is 3.55. The molecule has 28 heavy (non-hydrogen) atoms. The fraction of sp³-hybridized carbons (Fsp3) is 0.318. The minimum Gasteiger partial charge on any atom is -0.339 e. The van der Waals surface area contributed by atoms with Crippen LogP contribution in [0, 0.1) is 6.92 Å². The highest BCUT2D eigenvalue weighted by atomic mass is 16.2. The van der Waals surface area contributed by atoms with Crippen molar-refractivity contribution in [2.24, 2.45) is 0 Å². The van der Waals surface area contributed by atoms with Crippen LogP contribution in [-0.2, 0) is 11.3 Å². The van der Waals surface area contributed by atoms with Gasteiger partial charge in [-0.25, -0.2) is 4.68 Å². The summed E-state index contributed by atoms with van der Waals surface area (Å²) in [5.74, 6) is -0.0622. The quantitative estimate of drug-likeness (QED) is 0.703. The number of benzene rings is 2. The smallest absolute Gasteiger partial charge is 0.275 e. The molecule has 0 unspecified atom stereocenters. The molecular formula is C22H24N4O2. The predicted molar refractivity (Wildman–Crippen MR) is 110 cm³/mol. The van der Waals surface area contributed by atoms with E-state index in [1.807, 2.05) is 61.3 Å². The summed E-state index contributed by atoms with van der Waals surface area (Å²) in [7, 11) is 2.05. The van der Waals surface area contributed by atoms with E-state index in [0.29, 0.717) is 18.5 Å². The van der Waals surface area contributed by atoms with Gasteiger partial charge in [-0.05, 0) is 20.0 Å². The van der Waals surface area contributed by atoms with Gasteiger partial charge in [0.05, 0.1) is 11.1 Å². The molecule has 1 aliphatic heterocycles. The third kappa shape index (κ3) is 3.55. The van der Waals surface area contributed by atoms with Gasteiger partial charge in [-0.15, -0.1) is 0 Å². The summed E-state index contributed by atoms with van der Waals surface area (Å²) in [6.45, 7) is 5.06. The second-order valence-electron chi connectivity index (χ2n) is 7.41. The third-order valence-electron chi connectivity index (χ3n) is 5.33. The Morgan fingerprint density at radius 2 is 1.61 bits per heavy atom. The average Bonchev–Trinajstić information content (AvgIpc) is 2.71. The Morgan fingerprint density at radius 3 is 2.29 bits per heavy atom. The largest absolute Gasteiger partial charge is 0.339 e. The van der Waals surface area contributed by atoms with Crippen LogP contribution in [0.4, 0.5) is 0 Å². The highest BCUT2D eigenvalue weighted by molar-refractivity contribution is 5.93. The normalized spacial score (nSPS) is 15.1. The molecule has 1 saturated heterocycles. The van der Waals surface area contributed by atoms with Crippen LogP contribution in [0.3, 0.4) is 0 Å². The number of hydrogen-bond acceptors (Lipinski definition) is 4. The van der Waals surface area contributed by atoms with Gasteiger partial charge in [0.2, 0.25) is 5.91 Å². The molecule has 0 spiro atoms. The summed E-state index contributed by atoms with van der Waals surface area (Å²) in [5, 5.41) is 5.98. The maximum absolute atomic E-state index is 13.0. The van der Waals surface area contributed by atoms with Crippen LogP contribution in [0.5, 0.6) is 0 Å². The lowest BCUT2D eigenvalue weighted by Crippen LogP contribution is -2.48. The number of fused-ring (bicyclic) bond motifs is 1. The van der Waals surface area contributed by atoms with Crippen molar-refractivity contribution in [2.75, 3.05) is 33.2 Å². The van der Waals surface area contributed by atoms with Gasteiger partial charge < -0.3 is 9.80 Å². The number of nitrogens with zero attached hydrogens (tertiary/aromatic N) is 4. The monoisotopic (exact) mass is 376 g/mol. The van der Waals surface area contributed by atoms with Crippen LogP contribution in [0.25, 0.3) is 22.0 Å². The lowest BCUT2D eigenvalue weighted by atomic mass is 10.0. The van der Waals surface area contributed by atoms with Gasteiger partial charge in [0.25, 0.3) is 5.56 Å². The van der Waals surface area contributed by atoms with Crippen LogP contribution in [0.1, 0.15) is 5.56 Å². The Labute approximate surface area is 164 Å². The summed E-state index contributed by atoms with van der Waals surface area (Å²) in [4.78, 5) is 29.7. The molecule has 3 aromatic rings. The zero-order valence-corrected chi connectivity index (χ0v) is 16.3. The van der Waals surface area contributed by atoms with Crippen LogP contribution in [0.15, 0.2) is 53.3 Å². The second kappa shape index (κ2) is 7.56. The summed E-state index contributed by atoms with van der Waals surface area (Å²) < 4.78 is 1.32. The van der Waals surface area contributed by atoms with Gasteiger partial charge in [0, 0.05) is 37.1 Å². The first kappa shape index (κ1) is 18.4. The van der Waals surface area contributed by atoms with Gasteiger partial charge >= 0.3 is 0 Å². The first-order valence-corrected chi connectivity index (χ1v) is 9.56. The highest BCUT2D eigenvalue weighted by Crippen LogP contribution is 2.24. The summed E-state index contributed by atoms with van der Waals surface area (Å²) in [6, 6.07) is 15.5. The van der Waals surface area contributed by atoms with Gasteiger partial charge in [-0.2, -0.15) is 5.10 Å². The minimum absolute atomic E-state index is 0.0355. The van der Waals surface area contributed by atoms with E-state index in [1.54, 1.807) is 6.07 Å². The summed E-state index contributed by atoms with van der Waals surface area (Å²) in [5.41, 5.74) is 2.59. The van der Waals surface area contributed by atoms with E-state index in [1.165, 1.54) is 4.68 Å². The second-order valence-corrected chi connectivity index (χ2v) is 7.41. The number of amides is 1. The van der Waals surface area contributed by atoms with Crippen molar-refractivity contribution in [1.29, 1.82) is 0 Å². The number of hydrogen-bond donors (Lipinski definition) is 0. The van der Waals surface area contributed by atoms with Crippen molar-refractivity contribution < 1.29 is 4.79 Å². The van der Waals surface area contributed by atoms with Crippen molar-refractivity contribution in [3.63, 3.8) is 0 Å². The van der Waals surface area contributed by atoms with Gasteiger partial charge in [-0.1, -0.05) is 48.0 Å². The molecule has 2 aromatic carbocycles. The van der Waals surface area contributed by atoms with E-state index in [2.05, 4.69) is 10.00 Å². The zero-order valence-electron chi connectivity index (χ0n) is 16.3. The van der Waals surface area contributed by atoms with Crippen molar-refractivity contribution in [3.8, 4) is 11.3 Å². The van der Waals surface area contributed by atoms with Crippen LogP contribution in [-0.4, -0.2) is 58.7 Å². The van der Waals surface area contributed by atoms with E-state index in [4.69, 9.17) is 0 Å². The lowest BCUT2D eigenvalue weighted by molar-refractivity contribution is -0.133. The number of aryl methyl sites for hydroxylation is 1. The van der Waals surface area contributed by atoms with E-state index in [9.17, 15) is 9.59 Å². The molecule has 1 aliphatic rings. The molecule has 6 heteroatoms. The Morgan fingerprint density at radius 1 is 0.964 bits per heavy atom. The number of carbonyl (C=O) groups excluding carboxylic acids is 1. The van der Waals surface area contributed by atoms with Crippen molar-refractivity contribution in [2.45, 2.75) is 13.5 Å². The minimum atomic E-state index is -0.228. The molecule has 1 aromatic heterocycles. The van der Waals surface area contributed by atoms with Gasteiger partial charge in [-0.3, -0.25) is 9.59 Å². The average molecular weight is 376 g/mol. The van der Waals surface area contributed by atoms with E-state index in [0.717, 1.165) is 35.3 Å². The SMILES string of the molecule is Cc1ccc(-c2nn(CC(=O)N3CCN(C)CC3)c(=O)c3ccccc23)cc1. The molecule has 4 rings (SSSR count). The Hall–Kier alpha value is -2.99. The topological polar surface area (TPSA) is 58.4 Å². The molecule has 0 saturated carbocycles. The number of carbonyl (C=O) groups is 1. The fourth-order valence-corrected chi connectivity index (χ4v) is 3.55. The Bertz CT molecular complexity index is 1060. The van der Waals surface area contributed by atoms with Crippen molar-refractivity contribution >= 4 is 16.7 Å². The maximum atomic E-state index is 13.0. The molecule has 1 fully saturated rings. The van der Waals surface area contributed by atoms with Crippen molar-refractivity contribution in [1.82, 2.24) is 19.6 Å². The summed E-state index contributed by atoms with van der Waals surface area (Å²) in [6.07, 6.45) is 0. The molecular weight excluding hydrogens is 352 g/mol. The standard InChI is InChI=1S/C22H24N4O2/c1-16-7-9-17(10-8-16)21-18-5-3-4-6-19(18)22(28)26(23-21)15-20(27)25-13-11-24(2)12-14-25/h3-10H,11-15H2,1-2H3. The van der Waals surface area contributed by atoms with Crippen LogP contribution < -0.4 is 5.56 Å². The summed E-state index contributed by atoms with van der Waals surface area (Å²) >= 11 is 0. The molecule has 0 N–H and O–H groups in total. The Kier molecular flexibility index (Phi) is 4.96. The third-order valence-corrected chi connectivity index (χ3v) is 5.33. The van der Waals surface area contributed by atoms with Crippen LogP contribution >= 0.6 is 0 Å². The van der Waals surface area contributed by atoms with Gasteiger partial charge in [0.1, 0.15) is 6.54 Å². The predicted octanol–water partition coefficient (Wildman–Crippen LogP) is 2.15. The Balaban J connectivity index is 1.74. The molecule has 1 amide bonds. The maximum Gasteiger partial charge on any atom is 0.275 e. The molecule has 6 nitrogen and oxygen atoms in total. The number of aromatic nitrogens is 2. The first-order valence-electron chi connectivity index (χ1n) is 9.56. The first-order chi connectivity index (χ1) is 13.5. The van der Waals surface area contributed by atoms with E-state index < -0.39 is 0 Å². The molecule has 0 aliphatic carbocycles. The number of piperazine rings is 1. The van der Waals surface area contributed by atoms with Crippen LogP contribution in [0.2, 0.25) is 0 Å². The zero-order chi connectivity index (χ0) is 19.7. The van der Waals surface area contributed by atoms with E-state index >= 15 is 0 Å². The molecule has 0 bridgehead atoms. The number of rotatable bonds is 3. The number of likely N-dealkylation sites (N-methyl/N-ethyl adjacent to an activating group) is 1. The molecule has 0 atom stereocenters. The molecule has 0 radical (unpaired) electrons. The van der Waals surface area contributed by atoms with Crippen molar-refractivity contribution in [3.05, 3.63) is 64.4 Å².